The van der Waals surface area contributed by atoms with E-state index < -0.39 is 34.9 Å². The molecule has 226 valence electrons. The lowest BCUT2D eigenvalue weighted by atomic mass is 9.69. The first kappa shape index (κ1) is 31.0. The molecule has 4 N–H and O–H groups in total. The zero-order valence-electron chi connectivity index (χ0n) is 24.5. The summed E-state index contributed by atoms with van der Waals surface area (Å²) in [5.74, 6) is -1.65. The van der Waals surface area contributed by atoms with Crippen molar-refractivity contribution in [1.29, 1.82) is 0 Å². The lowest BCUT2D eigenvalue weighted by Gasteiger charge is -2.40. The summed E-state index contributed by atoms with van der Waals surface area (Å²) < 4.78 is 16.2. The summed E-state index contributed by atoms with van der Waals surface area (Å²) in [7, 11) is 1.56. The van der Waals surface area contributed by atoms with Crippen molar-refractivity contribution in [2.75, 3.05) is 26.9 Å². The Kier molecular flexibility index (Phi) is 10.1. The molecule has 1 saturated carbocycles. The maximum absolute atomic E-state index is 14.0. The third-order valence-electron chi connectivity index (χ3n) is 9.07. The molecule has 0 aromatic heterocycles. The van der Waals surface area contributed by atoms with Crippen LogP contribution in [0.3, 0.4) is 0 Å². The lowest BCUT2D eigenvalue weighted by Crippen LogP contribution is -2.68. The summed E-state index contributed by atoms with van der Waals surface area (Å²) >= 11 is 0. The number of Topliss-reactive ketones (excluding diaryl/α,β-unsaturated/α-hetero) is 1. The van der Waals surface area contributed by atoms with Gasteiger partial charge in [-0.15, -0.1) is 0 Å². The van der Waals surface area contributed by atoms with Crippen LogP contribution < -0.4 is 21.1 Å². The van der Waals surface area contributed by atoms with Crippen molar-refractivity contribution in [1.82, 2.24) is 10.6 Å². The molecule has 2 saturated heterocycles. The molecule has 1 unspecified atom stereocenters. The fraction of sp³-hybridized carbons (Fsp3) is 0.677. The fourth-order valence-electron chi connectivity index (χ4n) is 6.28. The van der Waals surface area contributed by atoms with E-state index in [1.807, 2.05) is 0 Å². The number of carbonyl (C=O) groups is 4. The number of nitrogens with one attached hydrogen (secondary N) is 2. The molecule has 4 rings (SSSR count). The van der Waals surface area contributed by atoms with E-state index in [4.69, 9.17) is 19.9 Å². The van der Waals surface area contributed by atoms with E-state index in [-0.39, 0.29) is 36.6 Å². The van der Waals surface area contributed by atoms with Crippen LogP contribution in [-0.4, -0.2) is 67.6 Å². The topological polar surface area (TPSA) is 149 Å². The number of benzene rings is 1. The molecule has 2 aliphatic heterocycles. The van der Waals surface area contributed by atoms with Gasteiger partial charge in [0.15, 0.2) is 5.78 Å². The van der Waals surface area contributed by atoms with Gasteiger partial charge in [-0.3, -0.25) is 19.2 Å². The van der Waals surface area contributed by atoms with Crippen LogP contribution in [0.2, 0.25) is 0 Å². The SMILES string of the molecule is COc1ccc(CC(NC(=O)[C@@H](C)NC(=O)CC2CCOCC2)(C(N)=O)[C@H](CC2CCCC2)C(=O)[C@@]2(C)CO2)cc1. The first-order chi connectivity index (χ1) is 19.6. The molecule has 3 fully saturated rings. The van der Waals surface area contributed by atoms with Crippen molar-refractivity contribution in [3.8, 4) is 5.75 Å². The number of ketones is 1. The van der Waals surface area contributed by atoms with E-state index in [2.05, 4.69) is 10.6 Å². The highest BCUT2D eigenvalue weighted by atomic mass is 16.6. The average Bonchev–Trinajstić information content (AvgIpc) is 3.49. The quantitative estimate of drug-likeness (QED) is 0.290. The van der Waals surface area contributed by atoms with Crippen LogP contribution in [0.15, 0.2) is 24.3 Å². The first-order valence-corrected chi connectivity index (χ1v) is 14.9. The molecular weight excluding hydrogens is 526 g/mol. The Morgan fingerprint density at radius 1 is 1.07 bits per heavy atom. The van der Waals surface area contributed by atoms with Crippen LogP contribution in [0, 0.1) is 17.8 Å². The summed E-state index contributed by atoms with van der Waals surface area (Å²) in [5.41, 5.74) is 4.13. The van der Waals surface area contributed by atoms with Gasteiger partial charge < -0.3 is 30.6 Å². The second-order valence-corrected chi connectivity index (χ2v) is 12.2. The number of amides is 3. The largest absolute Gasteiger partial charge is 0.497 e. The van der Waals surface area contributed by atoms with Gasteiger partial charge in [0.2, 0.25) is 17.7 Å². The van der Waals surface area contributed by atoms with Crippen LogP contribution in [0.25, 0.3) is 0 Å². The van der Waals surface area contributed by atoms with Gasteiger partial charge in [-0.05, 0) is 62.6 Å². The summed E-state index contributed by atoms with van der Waals surface area (Å²) in [6.07, 6.45) is 6.34. The molecule has 1 aromatic rings. The molecule has 41 heavy (non-hydrogen) atoms. The lowest BCUT2D eigenvalue weighted by molar-refractivity contribution is -0.142. The molecule has 4 atom stereocenters. The molecule has 10 nitrogen and oxygen atoms in total. The zero-order chi connectivity index (χ0) is 29.6. The number of ether oxygens (including phenoxy) is 3. The van der Waals surface area contributed by atoms with Crippen molar-refractivity contribution in [2.24, 2.45) is 23.5 Å². The number of primary amides is 1. The van der Waals surface area contributed by atoms with Gasteiger partial charge in [0.05, 0.1) is 19.6 Å². The maximum Gasteiger partial charge on any atom is 0.244 e. The Morgan fingerprint density at radius 2 is 1.71 bits per heavy atom. The van der Waals surface area contributed by atoms with E-state index in [9.17, 15) is 19.2 Å². The average molecular weight is 572 g/mol. The van der Waals surface area contributed by atoms with Crippen LogP contribution >= 0.6 is 0 Å². The van der Waals surface area contributed by atoms with E-state index in [1.165, 1.54) is 0 Å². The van der Waals surface area contributed by atoms with Gasteiger partial charge in [0.1, 0.15) is 22.9 Å². The molecule has 0 spiro atoms. The number of rotatable bonds is 14. The minimum absolute atomic E-state index is 0.0139. The third kappa shape index (κ3) is 7.65. The molecule has 0 radical (unpaired) electrons. The highest BCUT2D eigenvalue weighted by Gasteiger charge is 2.58. The number of hydrogen-bond acceptors (Lipinski definition) is 7. The standard InChI is InChI=1S/C31H45N3O7/c1-20(33-26(35)17-22-12-14-40-15-13-22)28(37)34-31(29(32)38,18-23-8-10-24(39-3)11-9-23)25(16-21-6-4-5-7-21)27(36)30(2)19-41-30/h8-11,20-22,25H,4-7,12-19H2,1-3H3,(H2,32,38)(H,33,35)(H,34,37)/t20-,25-,30-,31?/m1/s1. The summed E-state index contributed by atoms with van der Waals surface area (Å²) in [4.78, 5) is 54.1. The van der Waals surface area contributed by atoms with Crippen LogP contribution in [-0.2, 0) is 35.1 Å². The fourth-order valence-corrected chi connectivity index (χ4v) is 6.28. The predicted molar refractivity (Wildman–Crippen MR) is 152 cm³/mol. The van der Waals surface area contributed by atoms with Gasteiger partial charge in [-0.1, -0.05) is 37.8 Å². The summed E-state index contributed by atoms with van der Waals surface area (Å²) in [5, 5.41) is 5.70. The Morgan fingerprint density at radius 3 is 2.27 bits per heavy atom. The Balaban J connectivity index is 1.62. The van der Waals surface area contributed by atoms with Crippen LogP contribution in [0.4, 0.5) is 0 Å². The second kappa shape index (κ2) is 13.3. The molecule has 0 bridgehead atoms. The summed E-state index contributed by atoms with van der Waals surface area (Å²) in [6.45, 7) is 4.81. The molecule has 3 aliphatic rings. The third-order valence-corrected chi connectivity index (χ3v) is 9.07. The number of hydrogen-bond donors (Lipinski definition) is 3. The van der Waals surface area contributed by atoms with Crippen molar-refractivity contribution < 1.29 is 33.4 Å². The molecule has 1 aromatic carbocycles. The van der Waals surface area contributed by atoms with Gasteiger partial charge in [-0.2, -0.15) is 0 Å². The van der Waals surface area contributed by atoms with E-state index in [0.29, 0.717) is 37.4 Å². The molecule has 3 amide bonds. The predicted octanol–water partition coefficient (Wildman–Crippen LogP) is 2.45. The monoisotopic (exact) mass is 571 g/mol. The van der Waals surface area contributed by atoms with E-state index in [1.54, 1.807) is 45.2 Å². The van der Waals surface area contributed by atoms with Crippen LogP contribution in [0.1, 0.15) is 70.8 Å². The molecule has 10 heteroatoms. The van der Waals surface area contributed by atoms with Crippen molar-refractivity contribution in [2.45, 2.75) is 88.8 Å². The number of nitrogens with two attached hydrogens (primary N) is 1. The van der Waals surface area contributed by atoms with E-state index >= 15 is 0 Å². The molecule has 2 heterocycles. The maximum atomic E-state index is 14.0. The summed E-state index contributed by atoms with van der Waals surface area (Å²) in [6, 6.07) is 6.19. The van der Waals surface area contributed by atoms with Crippen molar-refractivity contribution in [3.05, 3.63) is 29.8 Å². The minimum atomic E-state index is -1.72. The van der Waals surface area contributed by atoms with Crippen molar-refractivity contribution in [3.63, 3.8) is 0 Å². The van der Waals surface area contributed by atoms with Crippen molar-refractivity contribution >= 4 is 23.5 Å². The molecule has 1 aliphatic carbocycles. The normalized spacial score (nSPS) is 24.1. The van der Waals surface area contributed by atoms with Gasteiger partial charge in [-0.25, -0.2) is 0 Å². The van der Waals surface area contributed by atoms with Crippen LogP contribution in [0.5, 0.6) is 5.75 Å². The number of epoxide rings is 1. The zero-order valence-corrected chi connectivity index (χ0v) is 24.5. The Bertz CT molecular complexity index is 1090. The Hall–Kier alpha value is -2.98. The van der Waals surface area contributed by atoms with Gasteiger partial charge >= 0.3 is 0 Å². The van der Waals surface area contributed by atoms with Gasteiger partial charge in [0, 0.05) is 26.1 Å². The Labute approximate surface area is 242 Å². The number of carbonyl (C=O) groups excluding carboxylic acids is 4. The smallest absolute Gasteiger partial charge is 0.244 e. The minimum Gasteiger partial charge on any atom is -0.497 e. The highest BCUT2D eigenvalue weighted by molar-refractivity contribution is 6.01. The second-order valence-electron chi connectivity index (χ2n) is 12.2. The first-order valence-electron chi connectivity index (χ1n) is 14.9. The van der Waals surface area contributed by atoms with Gasteiger partial charge in [0.25, 0.3) is 0 Å². The number of methoxy groups -OCH3 is 1. The molecular formula is C31H45N3O7. The van der Waals surface area contributed by atoms with E-state index in [0.717, 1.165) is 38.5 Å². The highest BCUT2D eigenvalue weighted by Crippen LogP contribution is 2.41.